The molecule has 0 amide bonds. The number of fused-ring (bicyclic) bond motifs is 3. The van der Waals surface area contributed by atoms with Crippen molar-refractivity contribution in [1.29, 1.82) is 0 Å². The molecule has 0 bridgehead atoms. The lowest BCUT2D eigenvalue weighted by Gasteiger charge is -2.08. The minimum atomic E-state index is -0.0352. The van der Waals surface area contributed by atoms with Crippen molar-refractivity contribution in [3.05, 3.63) is 29.0 Å². The van der Waals surface area contributed by atoms with E-state index in [-0.39, 0.29) is 6.10 Å². The highest BCUT2D eigenvalue weighted by Crippen LogP contribution is 2.39. The first kappa shape index (κ1) is 14.1. The van der Waals surface area contributed by atoms with Crippen molar-refractivity contribution in [3.63, 3.8) is 0 Å². The number of hydrogen-bond acceptors (Lipinski definition) is 8. The molecule has 8 nitrogen and oxygen atoms in total. The summed E-state index contributed by atoms with van der Waals surface area (Å²) in [6.07, 6.45) is 3.38. The van der Waals surface area contributed by atoms with Crippen LogP contribution in [0.3, 0.4) is 0 Å². The number of aromatic nitrogens is 5. The topological polar surface area (TPSA) is 97.8 Å². The maximum absolute atomic E-state index is 5.83. The summed E-state index contributed by atoms with van der Waals surface area (Å²) in [5.41, 5.74) is 2.80. The Labute approximate surface area is 135 Å². The second-order valence-electron chi connectivity index (χ2n) is 4.99. The van der Waals surface area contributed by atoms with Crippen LogP contribution < -0.4 is 10.1 Å². The number of hydrogen-bond donors (Lipinski definition) is 2. The Balaban J connectivity index is 1.68. The van der Waals surface area contributed by atoms with Crippen molar-refractivity contribution >= 4 is 22.4 Å². The van der Waals surface area contributed by atoms with E-state index in [1.54, 1.807) is 25.6 Å². The number of anilines is 2. The quantitative estimate of drug-likeness (QED) is 0.762. The van der Waals surface area contributed by atoms with Gasteiger partial charge >= 0.3 is 0 Å². The maximum atomic E-state index is 5.83. The highest BCUT2D eigenvalue weighted by atomic mass is 32.1. The van der Waals surface area contributed by atoms with Crippen LogP contribution in [0.1, 0.15) is 23.6 Å². The first-order valence-corrected chi connectivity index (χ1v) is 7.85. The average molecular weight is 330 g/mol. The Morgan fingerprint density at radius 2 is 2.35 bits per heavy atom. The van der Waals surface area contributed by atoms with E-state index >= 15 is 0 Å². The van der Waals surface area contributed by atoms with Gasteiger partial charge in [-0.2, -0.15) is 10.1 Å². The van der Waals surface area contributed by atoms with Gasteiger partial charge in [-0.3, -0.25) is 10.4 Å². The van der Waals surface area contributed by atoms with Crippen LogP contribution >= 0.6 is 11.3 Å². The molecule has 0 aromatic carbocycles. The van der Waals surface area contributed by atoms with Crippen LogP contribution in [0.4, 0.5) is 11.1 Å². The smallest absolute Gasteiger partial charge is 0.232 e. The van der Waals surface area contributed by atoms with Gasteiger partial charge in [0.05, 0.1) is 42.3 Å². The fourth-order valence-electron chi connectivity index (χ4n) is 2.40. The van der Waals surface area contributed by atoms with E-state index in [0.29, 0.717) is 23.6 Å². The summed E-state index contributed by atoms with van der Waals surface area (Å²) in [7, 11) is 1.57. The van der Waals surface area contributed by atoms with Crippen LogP contribution in [0.25, 0.3) is 11.3 Å². The number of nitrogens with one attached hydrogen (secondary N) is 2. The predicted octanol–water partition coefficient (Wildman–Crippen LogP) is 2.67. The molecule has 4 heterocycles. The number of rotatable bonds is 3. The average Bonchev–Trinajstić information content (AvgIpc) is 3.17. The molecule has 0 saturated carbocycles. The monoisotopic (exact) mass is 330 g/mol. The standard InChI is InChI=1S/C14H14N6O2S/c1-7-11-8(5-16-20-11)12-9(6-22-7)23-14(18-12)19-13-15-4-3-10(17-13)21-2/h3-5,7H,6H2,1-2H3,(H,16,20)(H,15,17,18,19). The zero-order valence-electron chi connectivity index (χ0n) is 12.5. The number of ether oxygens (including phenoxy) is 2. The van der Waals surface area contributed by atoms with Gasteiger partial charge in [-0.05, 0) is 6.92 Å². The van der Waals surface area contributed by atoms with Crippen molar-refractivity contribution in [2.45, 2.75) is 19.6 Å². The maximum Gasteiger partial charge on any atom is 0.232 e. The minimum Gasteiger partial charge on any atom is -0.481 e. The van der Waals surface area contributed by atoms with Crippen molar-refractivity contribution in [1.82, 2.24) is 25.1 Å². The summed E-state index contributed by atoms with van der Waals surface area (Å²) in [5, 5.41) is 10.9. The minimum absolute atomic E-state index is 0.0352. The van der Waals surface area contributed by atoms with Gasteiger partial charge in [-0.25, -0.2) is 9.97 Å². The van der Waals surface area contributed by atoms with Crippen molar-refractivity contribution in [3.8, 4) is 17.1 Å². The van der Waals surface area contributed by atoms with Gasteiger partial charge < -0.3 is 9.47 Å². The molecule has 0 aliphatic carbocycles. The fourth-order valence-corrected chi connectivity index (χ4v) is 3.30. The van der Waals surface area contributed by atoms with Gasteiger partial charge in [-0.1, -0.05) is 11.3 Å². The second-order valence-corrected chi connectivity index (χ2v) is 6.07. The van der Waals surface area contributed by atoms with E-state index in [4.69, 9.17) is 9.47 Å². The van der Waals surface area contributed by atoms with E-state index in [9.17, 15) is 0 Å². The van der Waals surface area contributed by atoms with E-state index in [2.05, 4.69) is 30.5 Å². The van der Waals surface area contributed by atoms with Gasteiger partial charge in [0.25, 0.3) is 0 Å². The van der Waals surface area contributed by atoms with E-state index in [0.717, 1.165) is 21.8 Å². The first-order chi connectivity index (χ1) is 11.2. The molecule has 0 radical (unpaired) electrons. The molecule has 0 spiro atoms. The molecule has 2 N–H and O–H groups in total. The van der Waals surface area contributed by atoms with Crippen molar-refractivity contribution < 1.29 is 9.47 Å². The van der Waals surface area contributed by atoms with E-state index in [1.807, 2.05) is 6.92 Å². The van der Waals surface area contributed by atoms with Gasteiger partial charge in [0.1, 0.15) is 0 Å². The van der Waals surface area contributed by atoms with Crippen LogP contribution in [-0.4, -0.2) is 32.3 Å². The number of nitrogens with zero attached hydrogens (tertiary/aromatic N) is 4. The predicted molar refractivity (Wildman–Crippen MR) is 84.8 cm³/mol. The highest BCUT2D eigenvalue weighted by molar-refractivity contribution is 7.16. The third kappa shape index (κ3) is 2.53. The molecule has 1 aliphatic heterocycles. The van der Waals surface area contributed by atoms with Crippen molar-refractivity contribution in [2.75, 3.05) is 12.4 Å². The molecule has 0 saturated heterocycles. The van der Waals surface area contributed by atoms with Crippen LogP contribution in [0.5, 0.6) is 5.88 Å². The van der Waals surface area contributed by atoms with Gasteiger partial charge in [0, 0.05) is 17.8 Å². The van der Waals surface area contributed by atoms with Gasteiger partial charge in [-0.15, -0.1) is 0 Å². The first-order valence-electron chi connectivity index (χ1n) is 7.03. The van der Waals surface area contributed by atoms with Crippen molar-refractivity contribution in [2.24, 2.45) is 0 Å². The third-order valence-corrected chi connectivity index (χ3v) is 4.49. The molecule has 3 aromatic heterocycles. The molecule has 9 heteroatoms. The summed E-state index contributed by atoms with van der Waals surface area (Å²) < 4.78 is 10.9. The zero-order chi connectivity index (χ0) is 15.8. The van der Waals surface area contributed by atoms with Crippen LogP contribution in [-0.2, 0) is 11.3 Å². The largest absolute Gasteiger partial charge is 0.481 e. The zero-order valence-corrected chi connectivity index (χ0v) is 13.3. The molecule has 4 rings (SSSR count). The Hall–Kier alpha value is -2.52. The van der Waals surface area contributed by atoms with Crippen LogP contribution in [0, 0.1) is 0 Å². The van der Waals surface area contributed by atoms with Crippen LogP contribution in [0.2, 0.25) is 0 Å². The summed E-state index contributed by atoms with van der Waals surface area (Å²) in [4.78, 5) is 14.1. The Kier molecular flexibility index (Phi) is 3.43. The molecule has 23 heavy (non-hydrogen) atoms. The SMILES string of the molecule is COc1ccnc(Nc2nc3c(s2)COC(C)c2[nH]ncc2-3)n1. The Morgan fingerprint density at radius 3 is 3.22 bits per heavy atom. The van der Waals surface area contributed by atoms with E-state index in [1.165, 1.54) is 11.3 Å². The number of H-pyrrole nitrogens is 1. The normalized spacial score (nSPS) is 16.3. The molecule has 3 aromatic rings. The number of thiazole rings is 1. The molecule has 118 valence electrons. The van der Waals surface area contributed by atoms with Gasteiger partial charge in [0.2, 0.25) is 11.8 Å². The summed E-state index contributed by atoms with van der Waals surface area (Å²) >= 11 is 1.52. The molecule has 1 atom stereocenters. The molecule has 1 aliphatic rings. The third-order valence-electron chi connectivity index (χ3n) is 3.55. The molecule has 0 fully saturated rings. The second kappa shape index (κ2) is 5.60. The Bertz CT molecular complexity index is 845. The molecular weight excluding hydrogens is 316 g/mol. The Morgan fingerprint density at radius 1 is 1.43 bits per heavy atom. The summed E-state index contributed by atoms with van der Waals surface area (Å²) in [5.74, 6) is 0.935. The number of methoxy groups -OCH3 is 1. The number of aromatic amines is 1. The van der Waals surface area contributed by atoms with E-state index < -0.39 is 0 Å². The lowest BCUT2D eigenvalue weighted by Crippen LogP contribution is -1.99. The lowest BCUT2D eigenvalue weighted by atomic mass is 10.1. The summed E-state index contributed by atoms with van der Waals surface area (Å²) in [6.45, 7) is 2.51. The van der Waals surface area contributed by atoms with Crippen LogP contribution in [0.15, 0.2) is 18.5 Å². The van der Waals surface area contributed by atoms with Gasteiger partial charge in [0.15, 0.2) is 5.13 Å². The fraction of sp³-hybridized carbons (Fsp3) is 0.286. The summed E-state index contributed by atoms with van der Waals surface area (Å²) in [6, 6.07) is 1.69. The molecular formula is C14H14N6O2S. The molecule has 1 unspecified atom stereocenters. The highest BCUT2D eigenvalue weighted by Gasteiger charge is 2.25. The lowest BCUT2D eigenvalue weighted by molar-refractivity contribution is 0.0537.